The van der Waals surface area contributed by atoms with Crippen molar-refractivity contribution in [1.29, 1.82) is 5.26 Å². The van der Waals surface area contributed by atoms with Crippen LogP contribution in [-0.4, -0.2) is 13.4 Å². The van der Waals surface area contributed by atoms with E-state index in [-0.39, 0.29) is 24.9 Å². The summed E-state index contributed by atoms with van der Waals surface area (Å²) in [6.45, 7) is 0. The summed E-state index contributed by atoms with van der Waals surface area (Å²) in [4.78, 5) is 3.67. The normalized spacial score (nSPS) is 11.0. The maximum Gasteiger partial charge on any atom is 0.273 e. The van der Waals surface area contributed by atoms with Crippen LogP contribution in [0.4, 0.5) is 5.69 Å². The Morgan fingerprint density at radius 1 is 1.37 bits per heavy atom. The van der Waals surface area contributed by atoms with E-state index in [2.05, 4.69) is 9.71 Å². The fourth-order valence-corrected chi connectivity index (χ4v) is 3.80. The lowest BCUT2D eigenvalue weighted by molar-refractivity contribution is 0.603. The lowest BCUT2D eigenvalue weighted by Gasteiger charge is -2.06. The first-order valence-corrected chi connectivity index (χ1v) is 7.82. The van der Waals surface area contributed by atoms with E-state index in [0.717, 1.165) is 11.3 Å². The Labute approximate surface area is 123 Å². The monoisotopic (exact) mass is 333 g/mol. The van der Waals surface area contributed by atoms with Crippen LogP contribution >= 0.6 is 34.5 Å². The molecule has 0 fully saturated rings. The number of hydrogen-bond acceptors (Lipinski definition) is 5. The molecule has 1 aromatic heterocycles. The Kier molecular flexibility index (Phi) is 3.96. The molecule has 1 heterocycles. The average Bonchev–Trinajstić information content (AvgIpc) is 2.76. The Hall–Kier alpha value is -1.33. The number of thiazole rings is 1. The van der Waals surface area contributed by atoms with Gasteiger partial charge in [0, 0.05) is 0 Å². The summed E-state index contributed by atoms with van der Waals surface area (Å²) in [6, 6.07) is 6.13. The number of rotatable bonds is 3. The van der Waals surface area contributed by atoms with Crippen molar-refractivity contribution in [1.82, 2.24) is 4.98 Å². The maximum atomic E-state index is 12.0. The molecular weight excluding hydrogens is 329 g/mol. The molecule has 0 amide bonds. The SMILES string of the molecule is N#Cc1ccc(NS(=O)(=O)c2cnc(Cl)s2)cc1Cl. The summed E-state index contributed by atoms with van der Waals surface area (Å²) in [5, 5.41) is 8.90. The smallest absolute Gasteiger partial charge is 0.273 e. The molecule has 1 N–H and O–H groups in total. The van der Waals surface area contributed by atoms with Gasteiger partial charge < -0.3 is 0 Å². The number of halogens is 2. The van der Waals surface area contributed by atoms with E-state index < -0.39 is 10.0 Å². The number of nitrogens with one attached hydrogen (secondary N) is 1. The minimum Gasteiger partial charge on any atom is -0.279 e. The van der Waals surface area contributed by atoms with E-state index in [1.165, 1.54) is 24.4 Å². The predicted molar refractivity (Wildman–Crippen MR) is 74.1 cm³/mol. The summed E-state index contributed by atoms with van der Waals surface area (Å²) in [7, 11) is -3.75. The molecule has 0 bridgehead atoms. The zero-order chi connectivity index (χ0) is 14.0. The van der Waals surface area contributed by atoms with Crippen LogP contribution in [0.15, 0.2) is 28.6 Å². The molecule has 98 valence electrons. The van der Waals surface area contributed by atoms with Crippen LogP contribution in [0.3, 0.4) is 0 Å². The first-order chi connectivity index (χ1) is 8.92. The molecule has 0 unspecified atom stereocenters. The average molecular weight is 334 g/mol. The Bertz CT molecular complexity index is 765. The Morgan fingerprint density at radius 2 is 2.11 bits per heavy atom. The van der Waals surface area contributed by atoms with E-state index in [1.807, 2.05) is 6.07 Å². The van der Waals surface area contributed by atoms with Gasteiger partial charge in [-0.25, -0.2) is 13.4 Å². The van der Waals surface area contributed by atoms with Gasteiger partial charge >= 0.3 is 0 Å². The molecule has 0 aliphatic rings. The predicted octanol–water partition coefficient (Wildman–Crippen LogP) is 3.12. The topological polar surface area (TPSA) is 82.9 Å². The van der Waals surface area contributed by atoms with Crippen molar-refractivity contribution < 1.29 is 8.42 Å². The highest BCUT2D eigenvalue weighted by molar-refractivity contribution is 7.94. The molecular formula is C10H5Cl2N3O2S2. The zero-order valence-corrected chi connectivity index (χ0v) is 12.2. The number of aromatic nitrogens is 1. The van der Waals surface area contributed by atoms with E-state index in [9.17, 15) is 8.42 Å². The molecule has 0 atom stereocenters. The highest BCUT2D eigenvalue weighted by Crippen LogP contribution is 2.26. The van der Waals surface area contributed by atoms with Crippen LogP contribution in [0.2, 0.25) is 9.49 Å². The number of hydrogen-bond donors (Lipinski definition) is 1. The molecule has 1 aromatic carbocycles. The van der Waals surface area contributed by atoms with Crippen LogP contribution in [-0.2, 0) is 10.0 Å². The van der Waals surface area contributed by atoms with E-state index in [0.29, 0.717) is 0 Å². The molecule has 9 heteroatoms. The zero-order valence-electron chi connectivity index (χ0n) is 9.09. The van der Waals surface area contributed by atoms with Crippen molar-refractivity contribution in [2.45, 2.75) is 4.21 Å². The number of anilines is 1. The number of nitriles is 1. The summed E-state index contributed by atoms with van der Waals surface area (Å²) in [6.07, 6.45) is 1.17. The molecule has 0 saturated heterocycles. The van der Waals surface area contributed by atoms with Gasteiger partial charge in [0.2, 0.25) is 0 Å². The number of nitrogens with zero attached hydrogens (tertiary/aromatic N) is 2. The highest BCUT2D eigenvalue weighted by atomic mass is 35.5. The van der Waals surface area contributed by atoms with Crippen molar-refractivity contribution in [2.75, 3.05) is 4.72 Å². The Balaban J connectivity index is 2.31. The number of sulfonamides is 1. The fourth-order valence-electron chi connectivity index (χ4n) is 1.24. The third-order valence-corrected chi connectivity index (χ3v) is 5.33. The molecule has 0 spiro atoms. The minimum absolute atomic E-state index is 0.00187. The van der Waals surface area contributed by atoms with Crippen LogP contribution in [0.1, 0.15) is 5.56 Å². The van der Waals surface area contributed by atoms with Crippen molar-refractivity contribution in [3.05, 3.63) is 39.4 Å². The summed E-state index contributed by atoms with van der Waals surface area (Å²) in [5.41, 5.74) is 0.527. The van der Waals surface area contributed by atoms with Gasteiger partial charge in [-0.2, -0.15) is 5.26 Å². The molecule has 19 heavy (non-hydrogen) atoms. The molecule has 0 saturated carbocycles. The lowest BCUT2D eigenvalue weighted by Crippen LogP contribution is -2.11. The van der Waals surface area contributed by atoms with Crippen LogP contribution in [0.5, 0.6) is 0 Å². The third-order valence-electron chi connectivity index (χ3n) is 2.06. The maximum absolute atomic E-state index is 12.0. The van der Waals surface area contributed by atoms with E-state index in [4.69, 9.17) is 28.5 Å². The van der Waals surface area contributed by atoms with Crippen molar-refractivity contribution in [2.24, 2.45) is 0 Å². The largest absolute Gasteiger partial charge is 0.279 e. The van der Waals surface area contributed by atoms with Gasteiger partial charge in [0.15, 0.2) is 8.68 Å². The molecule has 0 radical (unpaired) electrons. The standard InChI is InChI=1S/C10H5Cl2N3O2S2/c11-8-3-7(2-1-6(8)4-13)15-19(16,17)9-5-14-10(12)18-9/h1-3,5,15H. The van der Waals surface area contributed by atoms with Gasteiger partial charge in [-0.3, -0.25) is 4.72 Å². The highest BCUT2D eigenvalue weighted by Gasteiger charge is 2.18. The van der Waals surface area contributed by atoms with E-state index >= 15 is 0 Å². The molecule has 2 aromatic rings. The molecule has 2 rings (SSSR count). The van der Waals surface area contributed by atoms with E-state index in [1.54, 1.807) is 0 Å². The van der Waals surface area contributed by atoms with Gasteiger partial charge in [-0.05, 0) is 18.2 Å². The second kappa shape index (κ2) is 5.35. The van der Waals surface area contributed by atoms with Gasteiger partial charge in [-0.1, -0.05) is 34.5 Å². The quantitative estimate of drug-likeness (QED) is 0.935. The second-order valence-electron chi connectivity index (χ2n) is 3.34. The minimum atomic E-state index is -3.75. The van der Waals surface area contributed by atoms with Crippen molar-refractivity contribution in [3.63, 3.8) is 0 Å². The van der Waals surface area contributed by atoms with Gasteiger partial charge in [0.1, 0.15) is 6.07 Å². The lowest BCUT2D eigenvalue weighted by atomic mass is 10.2. The molecule has 0 aliphatic heterocycles. The third kappa shape index (κ3) is 3.16. The summed E-state index contributed by atoms with van der Waals surface area (Å²) in [5.74, 6) is 0. The number of benzene rings is 1. The van der Waals surface area contributed by atoms with Crippen LogP contribution in [0, 0.1) is 11.3 Å². The first kappa shape index (κ1) is 14.1. The van der Waals surface area contributed by atoms with Gasteiger partial charge in [0.05, 0.1) is 22.5 Å². The molecule has 5 nitrogen and oxygen atoms in total. The van der Waals surface area contributed by atoms with Gasteiger partial charge in [-0.15, -0.1) is 0 Å². The second-order valence-corrected chi connectivity index (χ2v) is 7.27. The Morgan fingerprint density at radius 3 is 2.63 bits per heavy atom. The fraction of sp³-hybridized carbons (Fsp3) is 0. The molecule has 0 aliphatic carbocycles. The van der Waals surface area contributed by atoms with Crippen LogP contribution in [0.25, 0.3) is 0 Å². The summed E-state index contributed by atoms with van der Waals surface area (Å²) < 4.78 is 26.4. The summed E-state index contributed by atoms with van der Waals surface area (Å²) >= 11 is 12.3. The van der Waals surface area contributed by atoms with Crippen molar-refractivity contribution >= 4 is 50.2 Å². The first-order valence-electron chi connectivity index (χ1n) is 4.76. The van der Waals surface area contributed by atoms with Crippen molar-refractivity contribution in [3.8, 4) is 6.07 Å². The van der Waals surface area contributed by atoms with Crippen LogP contribution < -0.4 is 4.72 Å². The van der Waals surface area contributed by atoms with Gasteiger partial charge in [0.25, 0.3) is 10.0 Å².